The summed E-state index contributed by atoms with van der Waals surface area (Å²) < 4.78 is 15.7. The number of nitrogens with one attached hydrogen (secondary N) is 1. The van der Waals surface area contributed by atoms with Gasteiger partial charge in [-0.05, 0) is 51.3 Å². The van der Waals surface area contributed by atoms with Crippen molar-refractivity contribution in [2.75, 3.05) is 0 Å². The van der Waals surface area contributed by atoms with Crippen molar-refractivity contribution < 1.29 is 23.5 Å². The van der Waals surface area contributed by atoms with E-state index < -0.39 is 29.3 Å². The lowest BCUT2D eigenvalue weighted by atomic mass is 10.1. The smallest absolute Gasteiger partial charge is 0.408 e. The summed E-state index contributed by atoms with van der Waals surface area (Å²) in [4.78, 5) is 35.9. The third-order valence-corrected chi connectivity index (χ3v) is 3.78. The van der Waals surface area contributed by atoms with Gasteiger partial charge in [0.05, 0.1) is 0 Å². The Morgan fingerprint density at radius 2 is 1.89 bits per heavy atom. The topological polar surface area (TPSA) is 94.8 Å². The molecule has 0 saturated carbocycles. The first-order chi connectivity index (χ1) is 12.6. The van der Waals surface area contributed by atoms with Crippen LogP contribution in [0.1, 0.15) is 46.6 Å². The normalized spacial score (nSPS) is 12.5. The summed E-state index contributed by atoms with van der Waals surface area (Å²) in [6.07, 6.45) is 0.322. The maximum absolute atomic E-state index is 12.4. The van der Waals surface area contributed by atoms with Gasteiger partial charge in [-0.15, -0.1) is 0 Å². The van der Waals surface area contributed by atoms with Crippen molar-refractivity contribution in [3.8, 4) is 5.75 Å². The number of ether oxygens (including phenoxy) is 2. The molecule has 2 rings (SSSR count). The fourth-order valence-electron chi connectivity index (χ4n) is 2.53. The maximum Gasteiger partial charge on any atom is 0.408 e. The second kappa shape index (κ2) is 8.24. The summed E-state index contributed by atoms with van der Waals surface area (Å²) in [6.45, 7) is 8.89. The Balaban J connectivity index is 2.16. The first-order valence-electron chi connectivity index (χ1n) is 8.91. The average Bonchev–Trinajstić information content (AvgIpc) is 2.56. The quantitative estimate of drug-likeness (QED) is 0.488. The molecule has 1 heterocycles. The summed E-state index contributed by atoms with van der Waals surface area (Å²) in [5.41, 5.74) is 0.0786. The minimum Gasteiger partial charge on any atom is -0.444 e. The summed E-state index contributed by atoms with van der Waals surface area (Å²) in [5.74, 6) is -0.398. The van der Waals surface area contributed by atoms with Gasteiger partial charge < -0.3 is 19.2 Å². The molecule has 1 atom stereocenters. The zero-order valence-corrected chi connectivity index (χ0v) is 16.3. The van der Waals surface area contributed by atoms with Crippen LogP contribution >= 0.6 is 0 Å². The molecule has 0 aliphatic carbocycles. The maximum atomic E-state index is 12.4. The molecule has 0 bridgehead atoms. The molecule has 1 aromatic heterocycles. The number of carbonyl (C=O) groups excluding carboxylic acids is 2. The standard InChI is InChI=1S/C20H25NO6/c1-6-12-10-17(22)26-16-11-13(8-9-14(12)16)25-18(23)15(7-2)21-19(24)27-20(3,4)5/h8-11,15H,6-7H2,1-5H3,(H,21,24). The van der Waals surface area contributed by atoms with Crippen LogP contribution in [0, 0.1) is 0 Å². The Morgan fingerprint density at radius 1 is 1.19 bits per heavy atom. The number of carbonyl (C=O) groups is 2. The second-order valence-electron chi connectivity index (χ2n) is 7.13. The minimum absolute atomic E-state index is 0.230. The first kappa shape index (κ1) is 20.5. The van der Waals surface area contributed by atoms with Crippen LogP contribution in [-0.2, 0) is 16.0 Å². The van der Waals surface area contributed by atoms with Crippen LogP contribution in [-0.4, -0.2) is 23.7 Å². The minimum atomic E-state index is -0.857. The molecule has 1 amide bonds. The second-order valence-corrected chi connectivity index (χ2v) is 7.13. The molecule has 0 spiro atoms. The summed E-state index contributed by atoms with van der Waals surface area (Å²) in [6, 6.07) is 5.45. The Kier molecular flexibility index (Phi) is 6.25. The average molecular weight is 375 g/mol. The van der Waals surface area contributed by atoms with Gasteiger partial charge in [-0.3, -0.25) is 0 Å². The lowest BCUT2D eigenvalue weighted by Crippen LogP contribution is -2.44. The predicted octanol–water partition coefficient (Wildman–Crippen LogP) is 3.56. The van der Waals surface area contributed by atoms with E-state index in [1.807, 2.05) is 6.92 Å². The van der Waals surface area contributed by atoms with Crippen molar-refractivity contribution in [2.24, 2.45) is 0 Å². The molecular weight excluding hydrogens is 350 g/mol. The van der Waals surface area contributed by atoms with Crippen molar-refractivity contribution in [1.29, 1.82) is 0 Å². The summed E-state index contributed by atoms with van der Waals surface area (Å²) in [7, 11) is 0. The molecule has 27 heavy (non-hydrogen) atoms. The number of hydrogen-bond acceptors (Lipinski definition) is 6. The lowest BCUT2D eigenvalue weighted by molar-refractivity contribution is -0.136. The molecule has 0 saturated heterocycles. The van der Waals surface area contributed by atoms with Gasteiger partial charge in [0, 0.05) is 17.5 Å². The zero-order chi connectivity index (χ0) is 20.2. The molecule has 146 valence electrons. The van der Waals surface area contributed by atoms with Gasteiger partial charge >= 0.3 is 17.7 Å². The number of benzene rings is 1. The Bertz CT molecular complexity index is 893. The monoisotopic (exact) mass is 375 g/mol. The lowest BCUT2D eigenvalue weighted by Gasteiger charge is -2.22. The highest BCUT2D eigenvalue weighted by Crippen LogP contribution is 2.23. The van der Waals surface area contributed by atoms with Crippen molar-refractivity contribution in [3.63, 3.8) is 0 Å². The van der Waals surface area contributed by atoms with E-state index in [0.29, 0.717) is 18.4 Å². The Hall–Kier alpha value is -2.83. The number of amides is 1. The van der Waals surface area contributed by atoms with E-state index >= 15 is 0 Å². The van der Waals surface area contributed by atoms with Gasteiger partial charge in [-0.25, -0.2) is 14.4 Å². The fourth-order valence-corrected chi connectivity index (χ4v) is 2.53. The highest BCUT2D eigenvalue weighted by atomic mass is 16.6. The SMILES string of the molecule is CCc1cc(=O)oc2cc(OC(=O)C(CC)NC(=O)OC(C)(C)C)ccc12. The van der Waals surface area contributed by atoms with Crippen molar-refractivity contribution in [3.05, 3.63) is 40.2 Å². The molecule has 1 unspecified atom stereocenters. The number of esters is 1. The molecule has 0 aliphatic heterocycles. The highest BCUT2D eigenvalue weighted by molar-refractivity contribution is 5.85. The van der Waals surface area contributed by atoms with Gasteiger partial charge in [-0.2, -0.15) is 0 Å². The molecule has 1 aromatic carbocycles. The van der Waals surface area contributed by atoms with E-state index in [1.54, 1.807) is 39.8 Å². The van der Waals surface area contributed by atoms with Crippen molar-refractivity contribution in [2.45, 2.75) is 59.1 Å². The van der Waals surface area contributed by atoms with Gasteiger partial charge in [-0.1, -0.05) is 13.8 Å². The van der Waals surface area contributed by atoms with Crippen LogP contribution in [0.25, 0.3) is 11.0 Å². The van der Waals surface area contributed by atoms with Crippen molar-refractivity contribution in [1.82, 2.24) is 5.32 Å². The van der Waals surface area contributed by atoms with Gasteiger partial charge in [0.15, 0.2) is 0 Å². The van der Waals surface area contributed by atoms with Crippen LogP contribution in [0.5, 0.6) is 5.75 Å². The van der Waals surface area contributed by atoms with Crippen LogP contribution in [0.4, 0.5) is 4.79 Å². The Morgan fingerprint density at radius 3 is 2.48 bits per heavy atom. The number of aryl methyl sites for hydroxylation is 1. The third-order valence-electron chi connectivity index (χ3n) is 3.78. The van der Waals surface area contributed by atoms with Gasteiger partial charge in [0.25, 0.3) is 0 Å². The van der Waals surface area contributed by atoms with E-state index in [9.17, 15) is 14.4 Å². The van der Waals surface area contributed by atoms with Gasteiger partial charge in [0.2, 0.25) is 0 Å². The number of hydrogen-bond donors (Lipinski definition) is 1. The molecular formula is C20H25NO6. The molecule has 2 aromatic rings. The van der Waals surface area contributed by atoms with E-state index in [-0.39, 0.29) is 5.75 Å². The van der Waals surface area contributed by atoms with Crippen LogP contribution in [0.2, 0.25) is 0 Å². The predicted molar refractivity (Wildman–Crippen MR) is 101 cm³/mol. The summed E-state index contributed by atoms with van der Waals surface area (Å²) in [5, 5.41) is 3.29. The molecule has 7 nitrogen and oxygen atoms in total. The fraction of sp³-hybridized carbons (Fsp3) is 0.450. The highest BCUT2D eigenvalue weighted by Gasteiger charge is 2.24. The van der Waals surface area contributed by atoms with E-state index in [2.05, 4.69) is 5.32 Å². The molecule has 0 radical (unpaired) electrons. The molecule has 7 heteroatoms. The van der Waals surface area contributed by atoms with E-state index in [1.165, 1.54) is 12.1 Å². The van der Waals surface area contributed by atoms with E-state index in [4.69, 9.17) is 13.9 Å². The Labute approximate surface area is 157 Å². The summed E-state index contributed by atoms with van der Waals surface area (Å²) >= 11 is 0. The van der Waals surface area contributed by atoms with Crippen LogP contribution < -0.4 is 15.7 Å². The van der Waals surface area contributed by atoms with Crippen LogP contribution in [0.15, 0.2) is 33.5 Å². The van der Waals surface area contributed by atoms with Crippen LogP contribution in [0.3, 0.4) is 0 Å². The largest absolute Gasteiger partial charge is 0.444 e. The zero-order valence-electron chi connectivity index (χ0n) is 16.3. The number of rotatable bonds is 5. The molecule has 0 aliphatic rings. The molecule has 1 N–H and O–H groups in total. The van der Waals surface area contributed by atoms with E-state index in [0.717, 1.165) is 10.9 Å². The van der Waals surface area contributed by atoms with Crippen molar-refractivity contribution >= 4 is 23.0 Å². The molecule has 0 fully saturated rings. The number of alkyl carbamates (subject to hydrolysis) is 1. The number of fused-ring (bicyclic) bond motifs is 1. The third kappa shape index (κ3) is 5.57. The first-order valence-corrected chi connectivity index (χ1v) is 8.91. The van der Waals surface area contributed by atoms with Gasteiger partial charge in [0.1, 0.15) is 23.0 Å².